The van der Waals surface area contributed by atoms with Crippen LogP contribution in [0.1, 0.15) is 25.3 Å². The molecule has 8 heteroatoms. The Morgan fingerprint density at radius 3 is 2.90 bits per heavy atom. The Bertz CT molecular complexity index is 553. The third-order valence-corrected chi connectivity index (χ3v) is 2.55. The van der Waals surface area contributed by atoms with Crippen LogP contribution in [0.2, 0.25) is 0 Å². The minimum atomic E-state index is -0.616. The average Bonchev–Trinajstić information content (AvgIpc) is 2.44. The number of nitriles is 1. The molecular formula is C12H14N4O4. The molecule has 20 heavy (non-hydrogen) atoms. The van der Waals surface area contributed by atoms with Crippen molar-refractivity contribution in [2.24, 2.45) is 5.84 Å². The number of rotatable bonds is 6. The van der Waals surface area contributed by atoms with Gasteiger partial charge in [-0.1, -0.05) is 0 Å². The van der Waals surface area contributed by atoms with Crippen LogP contribution in [0.5, 0.6) is 5.75 Å². The molecule has 0 heterocycles. The molecule has 1 aromatic carbocycles. The maximum Gasteiger partial charge on any atom is 0.312 e. The molecule has 3 N–H and O–H groups in total. The van der Waals surface area contributed by atoms with Gasteiger partial charge >= 0.3 is 5.69 Å². The lowest BCUT2D eigenvalue weighted by atomic mass is 10.2. The molecular weight excluding hydrogens is 264 g/mol. The summed E-state index contributed by atoms with van der Waals surface area (Å²) in [6.07, 6.45) is 0.112. The van der Waals surface area contributed by atoms with Crippen molar-refractivity contribution in [2.45, 2.75) is 25.9 Å². The van der Waals surface area contributed by atoms with E-state index in [-0.39, 0.29) is 29.3 Å². The van der Waals surface area contributed by atoms with Crippen molar-refractivity contribution < 1.29 is 14.5 Å². The van der Waals surface area contributed by atoms with Crippen molar-refractivity contribution in [2.75, 3.05) is 0 Å². The van der Waals surface area contributed by atoms with Crippen LogP contribution >= 0.6 is 0 Å². The number of nitrogens with one attached hydrogen (secondary N) is 1. The zero-order valence-corrected chi connectivity index (χ0v) is 10.8. The van der Waals surface area contributed by atoms with Crippen molar-refractivity contribution >= 4 is 11.6 Å². The number of nitro benzene ring substituents is 1. The Balaban J connectivity index is 2.79. The van der Waals surface area contributed by atoms with Crippen molar-refractivity contribution in [3.63, 3.8) is 0 Å². The highest BCUT2D eigenvalue weighted by atomic mass is 16.6. The van der Waals surface area contributed by atoms with Gasteiger partial charge in [0.05, 0.1) is 22.7 Å². The lowest BCUT2D eigenvalue weighted by Gasteiger charge is -2.14. The molecule has 0 aliphatic carbocycles. The highest BCUT2D eigenvalue weighted by Crippen LogP contribution is 2.29. The van der Waals surface area contributed by atoms with E-state index in [0.29, 0.717) is 6.42 Å². The molecule has 1 amide bonds. The molecule has 0 bridgehead atoms. The van der Waals surface area contributed by atoms with E-state index in [1.165, 1.54) is 12.1 Å². The molecule has 1 rings (SSSR count). The number of benzene rings is 1. The second-order valence-corrected chi connectivity index (χ2v) is 4.09. The van der Waals surface area contributed by atoms with Crippen LogP contribution in [0.4, 0.5) is 5.69 Å². The minimum absolute atomic E-state index is 0.0645. The van der Waals surface area contributed by atoms with Crippen LogP contribution in [0.25, 0.3) is 0 Å². The smallest absolute Gasteiger partial charge is 0.312 e. The minimum Gasteiger partial charge on any atom is -0.484 e. The number of hydrazine groups is 1. The summed E-state index contributed by atoms with van der Waals surface area (Å²) in [6, 6.07) is 5.77. The fourth-order valence-electron chi connectivity index (χ4n) is 1.51. The third-order valence-electron chi connectivity index (χ3n) is 2.55. The highest BCUT2D eigenvalue weighted by molar-refractivity contribution is 5.75. The molecule has 0 radical (unpaired) electrons. The van der Waals surface area contributed by atoms with E-state index >= 15 is 0 Å². The first-order valence-electron chi connectivity index (χ1n) is 5.82. The van der Waals surface area contributed by atoms with Crippen LogP contribution in [0.15, 0.2) is 18.2 Å². The van der Waals surface area contributed by atoms with Crippen molar-refractivity contribution in [1.29, 1.82) is 5.26 Å². The first-order valence-corrected chi connectivity index (χ1v) is 5.82. The number of nitrogens with zero attached hydrogens (tertiary/aromatic N) is 2. The van der Waals surface area contributed by atoms with Gasteiger partial charge in [-0.2, -0.15) is 5.26 Å². The maximum atomic E-state index is 11.0. The molecule has 0 saturated carbocycles. The lowest BCUT2D eigenvalue weighted by molar-refractivity contribution is -0.386. The molecule has 0 aliphatic rings. The number of carbonyl (C=O) groups excluding carboxylic acids is 1. The summed E-state index contributed by atoms with van der Waals surface area (Å²) < 4.78 is 5.43. The third kappa shape index (κ3) is 4.22. The quantitative estimate of drug-likeness (QED) is 0.345. The summed E-state index contributed by atoms with van der Waals surface area (Å²) in [6.45, 7) is 1.69. The number of amides is 1. The van der Waals surface area contributed by atoms with Gasteiger partial charge in [0.2, 0.25) is 5.91 Å². The summed E-state index contributed by atoms with van der Waals surface area (Å²) in [5, 5.41) is 19.6. The summed E-state index contributed by atoms with van der Waals surface area (Å²) in [4.78, 5) is 21.3. The second kappa shape index (κ2) is 7.06. The van der Waals surface area contributed by atoms with Gasteiger partial charge in [0.25, 0.3) is 0 Å². The van der Waals surface area contributed by atoms with Crippen molar-refractivity contribution in [1.82, 2.24) is 5.43 Å². The molecule has 0 spiro atoms. The molecule has 8 nitrogen and oxygen atoms in total. The van der Waals surface area contributed by atoms with Gasteiger partial charge < -0.3 is 4.74 Å². The molecule has 1 unspecified atom stereocenters. The summed E-state index contributed by atoms with van der Waals surface area (Å²) in [5.74, 6) is 4.67. The second-order valence-electron chi connectivity index (χ2n) is 4.09. The number of hydrogen-bond acceptors (Lipinski definition) is 6. The van der Waals surface area contributed by atoms with E-state index in [0.717, 1.165) is 6.07 Å². The Morgan fingerprint density at radius 1 is 1.65 bits per heavy atom. The van der Waals surface area contributed by atoms with E-state index in [4.69, 9.17) is 15.8 Å². The Hall–Kier alpha value is -2.66. The normalized spacial score (nSPS) is 11.2. The van der Waals surface area contributed by atoms with Gasteiger partial charge in [0.15, 0.2) is 5.75 Å². The zero-order chi connectivity index (χ0) is 15.1. The number of carbonyl (C=O) groups is 1. The summed E-state index contributed by atoms with van der Waals surface area (Å²) >= 11 is 0. The van der Waals surface area contributed by atoms with Gasteiger partial charge in [0, 0.05) is 12.5 Å². The standard InChI is InChI=1S/C12H14N4O4/c1-8(2-5-12(17)15-14)20-11-4-3-9(7-13)6-10(11)16(18)19/h3-4,6,8H,2,5,14H2,1H3,(H,15,17). The van der Waals surface area contributed by atoms with Gasteiger partial charge in [-0.25, -0.2) is 5.84 Å². The van der Waals surface area contributed by atoms with E-state index in [1.54, 1.807) is 6.92 Å². The SMILES string of the molecule is CC(CCC(=O)NN)Oc1ccc(C#N)cc1[N+](=O)[O-]. The van der Waals surface area contributed by atoms with E-state index in [2.05, 4.69) is 0 Å². The number of nitrogens with two attached hydrogens (primary N) is 1. The number of ether oxygens (including phenoxy) is 1. The predicted octanol–water partition coefficient (Wildman–Crippen LogP) is 1.00. The van der Waals surface area contributed by atoms with Crippen LogP contribution in [0, 0.1) is 21.4 Å². The summed E-state index contributed by atoms with van der Waals surface area (Å²) in [7, 11) is 0. The predicted molar refractivity (Wildman–Crippen MR) is 69.5 cm³/mol. The molecule has 1 aromatic rings. The molecule has 0 saturated heterocycles. The van der Waals surface area contributed by atoms with Crippen LogP contribution < -0.4 is 16.0 Å². The Morgan fingerprint density at radius 2 is 2.35 bits per heavy atom. The van der Waals surface area contributed by atoms with E-state index in [9.17, 15) is 14.9 Å². The fraction of sp³-hybridized carbons (Fsp3) is 0.333. The first kappa shape index (κ1) is 15.4. The largest absolute Gasteiger partial charge is 0.484 e. The lowest BCUT2D eigenvalue weighted by Crippen LogP contribution is -2.30. The van der Waals surface area contributed by atoms with Gasteiger partial charge in [-0.15, -0.1) is 0 Å². The van der Waals surface area contributed by atoms with Crippen LogP contribution in [-0.4, -0.2) is 16.9 Å². The summed E-state index contributed by atoms with van der Waals surface area (Å²) in [5.41, 5.74) is 1.89. The van der Waals surface area contributed by atoms with Crippen molar-refractivity contribution in [3.8, 4) is 11.8 Å². The topological polar surface area (TPSA) is 131 Å². The average molecular weight is 278 g/mol. The molecule has 0 fully saturated rings. The monoisotopic (exact) mass is 278 g/mol. The molecule has 106 valence electrons. The number of nitro groups is 1. The zero-order valence-electron chi connectivity index (χ0n) is 10.8. The molecule has 0 aromatic heterocycles. The fourth-order valence-corrected chi connectivity index (χ4v) is 1.51. The molecule has 1 atom stereocenters. The van der Waals surface area contributed by atoms with Crippen LogP contribution in [-0.2, 0) is 4.79 Å². The Labute approximate surface area is 115 Å². The van der Waals surface area contributed by atoms with Crippen molar-refractivity contribution in [3.05, 3.63) is 33.9 Å². The Kier molecular flexibility index (Phi) is 5.43. The molecule has 0 aliphatic heterocycles. The van der Waals surface area contributed by atoms with Gasteiger partial charge in [0.1, 0.15) is 0 Å². The maximum absolute atomic E-state index is 11.0. The first-order chi connectivity index (χ1) is 9.47. The van der Waals surface area contributed by atoms with Gasteiger partial charge in [-0.05, 0) is 25.5 Å². The van der Waals surface area contributed by atoms with E-state index in [1.807, 2.05) is 11.5 Å². The van der Waals surface area contributed by atoms with E-state index < -0.39 is 11.0 Å². The highest BCUT2D eigenvalue weighted by Gasteiger charge is 2.18. The van der Waals surface area contributed by atoms with Crippen LogP contribution in [0.3, 0.4) is 0 Å². The van der Waals surface area contributed by atoms with Gasteiger partial charge in [-0.3, -0.25) is 20.3 Å². The number of hydrogen-bond donors (Lipinski definition) is 2.